The highest BCUT2D eigenvalue weighted by molar-refractivity contribution is 7.12. The average molecular weight is 493 g/mol. The molecule has 1 aromatic heterocycles. The van der Waals surface area contributed by atoms with Gasteiger partial charge in [-0.25, -0.2) is 4.99 Å². The summed E-state index contributed by atoms with van der Waals surface area (Å²) in [5.41, 5.74) is 10.0. The molecule has 0 aliphatic carbocycles. The van der Waals surface area contributed by atoms with Crippen LogP contribution in [0.25, 0.3) is 0 Å². The Balaban J connectivity index is 1.94. The van der Waals surface area contributed by atoms with Crippen molar-refractivity contribution in [3.05, 3.63) is 92.8 Å². The molecule has 0 unspecified atom stereocenters. The average Bonchev–Trinajstić information content (AvgIpc) is 3.22. The first-order valence-corrected chi connectivity index (χ1v) is 10.5. The van der Waals surface area contributed by atoms with Crippen molar-refractivity contribution in [2.75, 3.05) is 5.32 Å². The van der Waals surface area contributed by atoms with Gasteiger partial charge in [-0.05, 0) is 41.8 Å². The van der Waals surface area contributed by atoms with Crippen LogP contribution in [0, 0.1) is 0 Å². The second-order valence-corrected chi connectivity index (χ2v) is 7.93. The maximum absolute atomic E-state index is 13.0. The normalized spacial score (nSPS) is 12.5. The highest BCUT2D eigenvalue weighted by Gasteiger charge is 2.31. The van der Waals surface area contributed by atoms with Gasteiger partial charge in [0.25, 0.3) is 11.8 Å². The molecule has 0 fully saturated rings. The lowest BCUT2D eigenvalue weighted by Crippen LogP contribution is -2.21. The molecule has 11 heteroatoms. The largest absolute Gasteiger partial charge is 0.430 e. The Kier molecular flexibility index (Phi) is 7.19. The lowest BCUT2D eigenvalue weighted by Gasteiger charge is -2.10. The summed E-state index contributed by atoms with van der Waals surface area (Å²) in [6, 6.07) is 13.6. The van der Waals surface area contributed by atoms with E-state index >= 15 is 0 Å². The molecule has 6 nitrogen and oxygen atoms in total. The minimum absolute atomic E-state index is 0.0984. The predicted octanol–water partition coefficient (Wildman–Crippen LogP) is 5.28. The number of primary amides is 1. The summed E-state index contributed by atoms with van der Waals surface area (Å²) >= 11 is 7.17. The van der Waals surface area contributed by atoms with Gasteiger partial charge in [-0.15, -0.1) is 11.3 Å². The number of allylic oxidation sites excluding steroid dienone is 2. The summed E-state index contributed by atoms with van der Waals surface area (Å²) in [4.78, 5) is 28.4. The molecule has 0 bridgehead atoms. The van der Waals surface area contributed by atoms with Gasteiger partial charge < -0.3 is 16.8 Å². The van der Waals surface area contributed by atoms with Crippen molar-refractivity contribution >= 4 is 51.8 Å². The molecule has 1 heterocycles. The van der Waals surface area contributed by atoms with Gasteiger partial charge in [0, 0.05) is 11.1 Å². The number of nitrogens with one attached hydrogen (secondary N) is 1. The van der Waals surface area contributed by atoms with Gasteiger partial charge in [-0.2, -0.15) is 13.2 Å². The van der Waals surface area contributed by atoms with Crippen molar-refractivity contribution in [2.24, 2.45) is 16.5 Å². The highest BCUT2D eigenvalue weighted by atomic mass is 35.5. The second kappa shape index (κ2) is 9.88. The Hall–Kier alpha value is -3.63. The minimum Gasteiger partial charge on any atom is -0.395 e. The van der Waals surface area contributed by atoms with E-state index in [1.807, 2.05) is 0 Å². The van der Waals surface area contributed by atoms with Gasteiger partial charge in [-0.3, -0.25) is 9.59 Å². The number of carbonyl (C=O) groups is 2. The summed E-state index contributed by atoms with van der Waals surface area (Å²) in [6.07, 6.45) is -4.05. The molecule has 2 aromatic carbocycles. The van der Waals surface area contributed by atoms with E-state index in [4.69, 9.17) is 23.1 Å². The fourth-order valence-corrected chi connectivity index (χ4v) is 3.55. The molecule has 5 N–H and O–H groups in total. The third-order valence-electron chi connectivity index (χ3n) is 4.29. The number of nitrogens with zero attached hydrogens (tertiary/aromatic N) is 1. The van der Waals surface area contributed by atoms with Gasteiger partial charge in [-0.1, -0.05) is 35.9 Å². The number of carbonyl (C=O) groups excluding carboxylic acids is 2. The zero-order valence-electron chi connectivity index (χ0n) is 16.7. The summed E-state index contributed by atoms with van der Waals surface area (Å²) in [7, 11) is 0. The molecule has 0 spiro atoms. The summed E-state index contributed by atoms with van der Waals surface area (Å²) in [5, 5.41) is 4.43. The number of rotatable bonds is 6. The van der Waals surface area contributed by atoms with E-state index in [9.17, 15) is 22.8 Å². The first-order chi connectivity index (χ1) is 15.6. The van der Waals surface area contributed by atoms with Crippen LogP contribution in [0.3, 0.4) is 0 Å². The van der Waals surface area contributed by atoms with Crippen LogP contribution < -0.4 is 16.8 Å². The van der Waals surface area contributed by atoms with Crippen molar-refractivity contribution in [1.29, 1.82) is 0 Å². The molecule has 33 heavy (non-hydrogen) atoms. The maximum atomic E-state index is 13.0. The third kappa shape index (κ3) is 5.99. The van der Waals surface area contributed by atoms with Crippen LogP contribution in [-0.2, 0) is 0 Å². The van der Waals surface area contributed by atoms with Gasteiger partial charge in [0.2, 0.25) is 0 Å². The van der Waals surface area contributed by atoms with Crippen LogP contribution in [0.15, 0.2) is 76.7 Å². The minimum atomic E-state index is -4.75. The highest BCUT2D eigenvalue weighted by Crippen LogP contribution is 2.27. The van der Waals surface area contributed by atoms with Crippen LogP contribution in [0.1, 0.15) is 25.6 Å². The number of benzene rings is 2. The topological polar surface area (TPSA) is 111 Å². The Bertz CT molecular complexity index is 1250. The monoisotopic (exact) mass is 492 g/mol. The van der Waals surface area contributed by atoms with E-state index in [1.165, 1.54) is 30.3 Å². The van der Waals surface area contributed by atoms with E-state index in [2.05, 4.69) is 10.3 Å². The van der Waals surface area contributed by atoms with Gasteiger partial charge in [0.05, 0.1) is 22.1 Å². The number of hydrogen-bond donors (Lipinski definition) is 3. The first-order valence-electron chi connectivity index (χ1n) is 9.23. The quantitative estimate of drug-likeness (QED) is 0.407. The number of amides is 2. The number of para-hydroxylation sites is 1. The molecule has 0 atom stereocenters. The van der Waals surface area contributed by atoms with Crippen molar-refractivity contribution in [3.63, 3.8) is 0 Å². The molecule has 170 valence electrons. The lowest BCUT2D eigenvalue weighted by atomic mass is 10.1. The number of alkyl halides is 3. The Morgan fingerprint density at radius 1 is 1.00 bits per heavy atom. The third-order valence-corrected chi connectivity index (χ3v) is 5.54. The smallest absolute Gasteiger partial charge is 0.395 e. The van der Waals surface area contributed by atoms with E-state index in [1.54, 1.807) is 29.6 Å². The molecule has 2 amide bonds. The fraction of sp³-hybridized carbons (Fsp3) is 0.0455. The molecule has 0 saturated heterocycles. The molecule has 0 saturated carbocycles. The standard InChI is InChI=1S/C22H16ClF3N4O2S/c23-14-3-1-2-4-15(14)29-17(11-18(27)22(24,25)26)12-5-7-13(8-6-12)21(32)30-16-9-10-33-19(16)20(28)31/h1-11H,27H2,(H2,28,31)(H,30,32). The van der Waals surface area contributed by atoms with Crippen LogP contribution in [-0.4, -0.2) is 23.7 Å². The predicted molar refractivity (Wildman–Crippen MR) is 123 cm³/mol. The Morgan fingerprint density at radius 3 is 2.24 bits per heavy atom. The SMILES string of the molecule is NC(=O)c1sccc1NC(=O)c1ccc(C(C=C(N)C(F)(F)F)=Nc2ccccc2Cl)cc1. The number of aliphatic imine (C=N–C) groups is 1. The van der Waals surface area contributed by atoms with Gasteiger partial charge >= 0.3 is 6.18 Å². The summed E-state index contributed by atoms with van der Waals surface area (Å²) < 4.78 is 39.1. The van der Waals surface area contributed by atoms with Gasteiger partial charge in [0.1, 0.15) is 10.6 Å². The molecule has 3 aromatic rings. The van der Waals surface area contributed by atoms with Gasteiger partial charge in [0.15, 0.2) is 0 Å². The fourth-order valence-electron chi connectivity index (χ4n) is 2.67. The van der Waals surface area contributed by atoms with E-state index in [-0.39, 0.29) is 38.1 Å². The van der Waals surface area contributed by atoms with E-state index in [0.717, 1.165) is 11.3 Å². The van der Waals surface area contributed by atoms with Crippen LogP contribution >= 0.6 is 22.9 Å². The Morgan fingerprint density at radius 2 is 1.64 bits per heavy atom. The summed E-state index contributed by atoms with van der Waals surface area (Å²) in [6.45, 7) is 0. The summed E-state index contributed by atoms with van der Waals surface area (Å²) in [5.74, 6) is -1.21. The molecule has 0 aliphatic rings. The second-order valence-electron chi connectivity index (χ2n) is 6.61. The first kappa shape index (κ1) is 24.0. The van der Waals surface area contributed by atoms with E-state index in [0.29, 0.717) is 6.08 Å². The zero-order valence-corrected chi connectivity index (χ0v) is 18.3. The number of hydrogen-bond acceptors (Lipinski definition) is 5. The number of halogens is 4. The maximum Gasteiger partial charge on any atom is 0.430 e. The molecule has 3 rings (SSSR count). The van der Waals surface area contributed by atoms with Crippen molar-refractivity contribution in [3.8, 4) is 0 Å². The lowest BCUT2D eigenvalue weighted by molar-refractivity contribution is -0.0925. The molecular weight excluding hydrogens is 477 g/mol. The van der Waals surface area contributed by atoms with Crippen molar-refractivity contribution < 1.29 is 22.8 Å². The van der Waals surface area contributed by atoms with Crippen LogP contribution in [0.4, 0.5) is 24.5 Å². The number of anilines is 1. The van der Waals surface area contributed by atoms with Crippen LogP contribution in [0.5, 0.6) is 0 Å². The molecule has 0 aliphatic heterocycles. The number of nitrogens with two attached hydrogens (primary N) is 2. The van der Waals surface area contributed by atoms with Crippen molar-refractivity contribution in [2.45, 2.75) is 6.18 Å². The van der Waals surface area contributed by atoms with Crippen molar-refractivity contribution in [1.82, 2.24) is 0 Å². The van der Waals surface area contributed by atoms with Crippen LogP contribution in [0.2, 0.25) is 5.02 Å². The zero-order chi connectivity index (χ0) is 24.2. The molecule has 0 radical (unpaired) electrons. The Labute approximate surface area is 195 Å². The number of thiophene rings is 1. The molecular formula is C22H16ClF3N4O2S. The van der Waals surface area contributed by atoms with E-state index < -0.39 is 23.7 Å².